The molecule has 0 saturated carbocycles. The summed E-state index contributed by atoms with van der Waals surface area (Å²) >= 11 is 0. The molecular weight excluding hydrogens is 849 g/mol. The molecule has 0 radical (unpaired) electrons. The number of nitrogens with zero attached hydrogens (tertiary/aromatic N) is 2. The van der Waals surface area contributed by atoms with Crippen LogP contribution in [0.3, 0.4) is 0 Å². The SMILES string of the molecule is c1ccc(-c2ccc3oc(-c4cccc(N(c5ccc6c(c5)C5(c7ccccc7-6)c6ccccc6N(c6ccccc6)c6ccccc65)c5cccc6c(-c7ccccc7)cccc56)c4)cc3c2)cc1. The smallest absolute Gasteiger partial charge is 0.135 e. The number of fused-ring (bicyclic) bond motifs is 11. The summed E-state index contributed by atoms with van der Waals surface area (Å²) in [4.78, 5) is 4.91. The molecule has 328 valence electrons. The fraction of sp³-hybridized carbons (Fsp3) is 0.0149. The van der Waals surface area contributed by atoms with Crippen LogP contribution in [0, 0.1) is 0 Å². The van der Waals surface area contributed by atoms with E-state index < -0.39 is 5.41 Å². The second-order valence-corrected chi connectivity index (χ2v) is 18.4. The van der Waals surface area contributed by atoms with Crippen LogP contribution in [0.2, 0.25) is 0 Å². The highest BCUT2D eigenvalue weighted by molar-refractivity contribution is 6.06. The summed E-state index contributed by atoms with van der Waals surface area (Å²) in [6.45, 7) is 0. The Bertz CT molecular complexity index is 3920. The molecule has 0 N–H and O–H groups in total. The van der Waals surface area contributed by atoms with Crippen LogP contribution in [0.4, 0.5) is 34.1 Å². The van der Waals surface area contributed by atoms with Gasteiger partial charge in [0.05, 0.1) is 22.5 Å². The second-order valence-electron chi connectivity index (χ2n) is 18.4. The van der Waals surface area contributed by atoms with Crippen LogP contribution in [0.15, 0.2) is 271 Å². The highest BCUT2D eigenvalue weighted by atomic mass is 16.3. The molecule has 14 rings (SSSR count). The standard InChI is InChI=1S/C67H44N2O/c1-4-19-45(20-5-1)47-37-40-65-49(41-47)43-66(70-65)48-23-16-26-51(42-48)68(62-36-18-29-54-53(28-17-30-57(54)62)46-21-6-2-7-22-46)52-38-39-56-55-27-10-11-31-58(55)67(61(56)44-52)59-32-12-14-34-63(59)69(50-24-8-3-9-25-50)64-35-15-13-33-60(64)67/h1-44H. The lowest BCUT2D eigenvalue weighted by molar-refractivity contribution is 0.631. The maximum absolute atomic E-state index is 6.68. The van der Waals surface area contributed by atoms with Crippen molar-refractivity contribution in [2.24, 2.45) is 0 Å². The van der Waals surface area contributed by atoms with Gasteiger partial charge in [0.25, 0.3) is 0 Å². The lowest BCUT2D eigenvalue weighted by Crippen LogP contribution is -2.36. The van der Waals surface area contributed by atoms with E-state index in [1.165, 1.54) is 72.4 Å². The van der Waals surface area contributed by atoms with Gasteiger partial charge < -0.3 is 14.2 Å². The minimum atomic E-state index is -0.611. The molecule has 0 atom stereocenters. The van der Waals surface area contributed by atoms with Gasteiger partial charge in [0.2, 0.25) is 0 Å². The van der Waals surface area contributed by atoms with Crippen molar-refractivity contribution in [2.45, 2.75) is 5.41 Å². The van der Waals surface area contributed by atoms with Crippen LogP contribution in [-0.2, 0) is 5.41 Å². The van der Waals surface area contributed by atoms with Crippen molar-refractivity contribution >= 4 is 55.9 Å². The number of benzene rings is 11. The third-order valence-electron chi connectivity index (χ3n) is 14.6. The Hall–Kier alpha value is -9.18. The molecule has 0 saturated heterocycles. The first-order valence-corrected chi connectivity index (χ1v) is 24.1. The molecule has 1 aliphatic carbocycles. The maximum Gasteiger partial charge on any atom is 0.135 e. The van der Waals surface area contributed by atoms with Crippen LogP contribution in [-0.4, -0.2) is 0 Å². The first-order chi connectivity index (χ1) is 34.7. The average molecular weight is 893 g/mol. The van der Waals surface area contributed by atoms with E-state index in [2.05, 4.69) is 277 Å². The van der Waals surface area contributed by atoms with Gasteiger partial charge in [-0.15, -0.1) is 0 Å². The van der Waals surface area contributed by atoms with Crippen LogP contribution >= 0.6 is 0 Å². The molecule has 0 unspecified atom stereocenters. The Balaban J connectivity index is 1.00. The van der Waals surface area contributed by atoms with Crippen molar-refractivity contribution in [1.82, 2.24) is 0 Å². The van der Waals surface area contributed by atoms with Gasteiger partial charge in [-0.1, -0.05) is 194 Å². The van der Waals surface area contributed by atoms with E-state index in [-0.39, 0.29) is 0 Å². The Morgan fingerprint density at radius 1 is 0.343 bits per heavy atom. The summed E-state index contributed by atoms with van der Waals surface area (Å²) < 4.78 is 6.68. The Morgan fingerprint density at radius 3 is 1.70 bits per heavy atom. The van der Waals surface area contributed by atoms with Gasteiger partial charge in [0, 0.05) is 33.4 Å². The van der Waals surface area contributed by atoms with E-state index in [0.29, 0.717) is 0 Å². The summed E-state index contributed by atoms with van der Waals surface area (Å²) in [5, 5.41) is 3.43. The van der Waals surface area contributed by atoms with Crippen LogP contribution in [0.5, 0.6) is 0 Å². The van der Waals surface area contributed by atoms with E-state index in [1.807, 2.05) is 0 Å². The summed E-state index contributed by atoms with van der Waals surface area (Å²) in [5.41, 5.74) is 20.2. The second kappa shape index (κ2) is 16.0. The number of rotatable bonds is 7. The molecule has 1 aliphatic heterocycles. The minimum Gasteiger partial charge on any atom is -0.456 e. The monoisotopic (exact) mass is 892 g/mol. The molecule has 1 spiro atoms. The fourth-order valence-electron chi connectivity index (χ4n) is 11.7. The molecule has 1 aromatic heterocycles. The summed E-state index contributed by atoms with van der Waals surface area (Å²) in [7, 11) is 0. The van der Waals surface area contributed by atoms with Crippen molar-refractivity contribution in [3.05, 3.63) is 289 Å². The Labute approximate surface area is 407 Å². The minimum absolute atomic E-state index is 0.611. The number of anilines is 6. The molecule has 3 heteroatoms. The van der Waals surface area contributed by atoms with Crippen LogP contribution in [0.1, 0.15) is 22.3 Å². The zero-order chi connectivity index (χ0) is 46.2. The summed E-state index contributed by atoms with van der Waals surface area (Å²) in [6, 6.07) is 97.3. The van der Waals surface area contributed by atoms with E-state index in [9.17, 15) is 0 Å². The molecule has 2 aliphatic rings. The van der Waals surface area contributed by atoms with Crippen molar-refractivity contribution in [3.8, 4) is 44.7 Å². The van der Waals surface area contributed by atoms with Crippen LogP contribution < -0.4 is 9.80 Å². The zero-order valence-electron chi connectivity index (χ0n) is 38.2. The number of para-hydroxylation sites is 3. The average Bonchev–Trinajstić information content (AvgIpc) is 4.00. The molecule has 0 fully saturated rings. The van der Waals surface area contributed by atoms with Gasteiger partial charge in [0.15, 0.2) is 0 Å². The van der Waals surface area contributed by atoms with Crippen molar-refractivity contribution in [3.63, 3.8) is 0 Å². The molecule has 0 bridgehead atoms. The van der Waals surface area contributed by atoms with E-state index in [4.69, 9.17) is 4.42 Å². The number of hydrogen-bond acceptors (Lipinski definition) is 3. The van der Waals surface area contributed by atoms with E-state index in [1.54, 1.807) is 0 Å². The zero-order valence-corrected chi connectivity index (χ0v) is 38.2. The third kappa shape index (κ3) is 6.08. The van der Waals surface area contributed by atoms with Crippen molar-refractivity contribution < 1.29 is 4.42 Å². The quantitative estimate of drug-likeness (QED) is 0.159. The van der Waals surface area contributed by atoms with Gasteiger partial charge in [-0.25, -0.2) is 0 Å². The fourth-order valence-corrected chi connectivity index (χ4v) is 11.7. The normalized spacial score (nSPS) is 12.9. The predicted molar refractivity (Wildman–Crippen MR) is 290 cm³/mol. The highest BCUT2D eigenvalue weighted by Gasteiger charge is 2.51. The maximum atomic E-state index is 6.68. The predicted octanol–water partition coefficient (Wildman–Crippen LogP) is 18.2. The molecule has 12 aromatic rings. The van der Waals surface area contributed by atoms with Crippen molar-refractivity contribution in [2.75, 3.05) is 9.80 Å². The molecule has 11 aromatic carbocycles. The summed E-state index contributed by atoms with van der Waals surface area (Å²) in [5.74, 6) is 0.827. The highest BCUT2D eigenvalue weighted by Crippen LogP contribution is 2.64. The van der Waals surface area contributed by atoms with Crippen molar-refractivity contribution in [1.29, 1.82) is 0 Å². The number of hydrogen-bond donors (Lipinski definition) is 0. The molecular formula is C67H44N2O. The van der Waals surface area contributed by atoms with Gasteiger partial charge in [-0.05, 0) is 134 Å². The number of furan rings is 1. The first kappa shape index (κ1) is 39.9. The molecule has 70 heavy (non-hydrogen) atoms. The summed E-state index contributed by atoms with van der Waals surface area (Å²) in [6.07, 6.45) is 0. The van der Waals surface area contributed by atoms with E-state index in [0.717, 1.165) is 50.4 Å². The third-order valence-corrected chi connectivity index (χ3v) is 14.6. The van der Waals surface area contributed by atoms with Gasteiger partial charge in [0.1, 0.15) is 11.3 Å². The molecule has 0 amide bonds. The Kier molecular flexibility index (Phi) is 9.11. The Morgan fingerprint density at radius 2 is 0.929 bits per heavy atom. The first-order valence-electron chi connectivity index (χ1n) is 24.1. The van der Waals surface area contributed by atoms with E-state index >= 15 is 0 Å². The lowest BCUT2D eigenvalue weighted by Gasteiger charge is -2.45. The van der Waals surface area contributed by atoms with Gasteiger partial charge in [-0.3, -0.25) is 0 Å². The van der Waals surface area contributed by atoms with Gasteiger partial charge in [-0.2, -0.15) is 0 Å². The topological polar surface area (TPSA) is 19.6 Å². The molecule has 2 heterocycles. The van der Waals surface area contributed by atoms with Crippen LogP contribution in [0.25, 0.3) is 66.4 Å². The lowest BCUT2D eigenvalue weighted by atomic mass is 9.64. The largest absolute Gasteiger partial charge is 0.456 e. The van der Waals surface area contributed by atoms with Gasteiger partial charge >= 0.3 is 0 Å². The molecule has 3 nitrogen and oxygen atoms in total.